The van der Waals surface area contributed by atoms with Gasteiger partial charge in [-0.2, -0.15) is 8.42 Å². The van der Waals surface area contributed by atoms with Gasteiger partial charge in [0.2, 0.25) is 11.8 Å². The van der Waals surface area contributed by atoms with Crippen molar-refractivity contribution in [1.29, 1.82) is 0 Å². The maximum absolute atomic E-state index is 13.9. The van der Waals surface area contributed by atoms with E-state index in [-0.39, 0.29) is 17.9 Å². The summed E-state index contributed by atoms with van der Waals surface area (Å²) < 4.78 is 42.0. The van der Waals surface area contributed by atoms with E-state index in [0.29, 0.717) is 40.4 Å². The van der Waals surface area contributed by atoms with E-state index in [2.05, 4.69) is 48.5 Å². The molecule has 1 aromatic heterocycles. The van der Waals surface area contributed by atoms with Gasteiger partial charge < -0.3 is 19.8 Å². The van der Waals surface area contributed by atoms with Crippen molar-refractivity contribution >= 4 is 44.8 Å². The molecule has 2 amide bonds. The zero-order valence-electron chi connectivity index (χ0n) is 27.8. The molecule has 11 heteroatoms. The predicted molar refractivity (Wildman–Crippen MR) is 191 cm³/mol. The van der Waals surface area contributed by atoms with Gasteiger partial charge in [0.25, 0.3) is 16.0 Å². The molecule has 5 rings (SSSR count). The molecule has 0 fully saturated rings. The number of carbonyl (C=O) groups excluding carboxylic acids is 2. The second-order valence-corrected chi connectivity index (χ2v) is 14.4. The van der Waals surface area contributed by atoms with Crippen molar-refractivity contribution in [3.05, 3.63) is 119 Å². The molecule has 0 saturated heterocycles. The van der Waals surface area contributed by atoms with E-state index in [9.17, 15) is 18.0 Å². The van der Waals surface area contributed by atoms with Crippen molar-refractivity contribution in [1.82, 2.24) is 10.3 Å². The van der Waals surface area contributed by atoms with Gasteiger partial charge in [0.1, 0.15) is 11.3 Å². The lowest BCUT2D eigenvalue weighted by Gasteiger charge is -2.18. The highest BCUT2D eigenvalue weighted by atomic mass is 32.2. The molecule has 0 spiro atoms. The number of nitrogens with zero attached hydrogens (tertiary/aromatic N) is 1. The Kier molecular flexibility index (Phi) is 10.6. The number of benzene rings is 4. The van der Waals surface area contributed by atoms with Crippen LogP contribution in [0.5, 0.6) is 5.75 Å². The number of ether oxygens (including phenoxy) is 1. The fraction of sp³-hybridized carbons (Fsp3) is 0.237. The second-order valence-electron chi connectivity index (χ2n) is 12.8. The van der Waals surface area contributed by atoms with E-state index in [0.717, 1.165) is 22.3 Å². The number of rotatable bonds is 12. The Morgan fingerprint density at radius 3 is 2.29 bits per heavy atom. The first-order valence-corrected chi connectivity index (χ1v) is 17.3. The van der Waals surface area contributed by atoms with Crippen molar-refractivity contribution in [2.75, 3.05) is 24.7 Å². The second kappa shape index (κ2) is 14.9. The molecule has 1 atom stereocenters. The van der Waals surface area contributed by atoms with E-state index in [4.69, 9.17) is 13.7 Å². The number of hydrogen-bond acceptors (Lipinski definition) is 7. The average Bonchev–Trinajstić information content (AvgIpc) is 3.50. The van der Waals surface area contributed by atoms with Crippen LogP contribution in [0.15, 0.2) is 101 Å². The molecule has 0 aliphatic heterocycles. The molecule has 1 heterocycles. The Morgan fingerprint density at radius 2 is 1.65 bits per heavy atom. The molecule has 49 heavy (non-hydrogen) atoms. The molecule has 0 bridgehead atoms. The molecule has 1 unspecified atom stereocenters. The molecule has 0 saturated carbocycles. The van der Waals surface area contributed by atoms with Gasteiger partial charge in [0.15, 0.2) is 5.58 Å². The van der Waals surface area contributed by atoms with Crippen molar-refractivity contribution in [3.63, 3.8) is 0 Å². The number of nitrogens with one attached hydrogen (secondary N) is 2. The summed E-state index contributed by atoms with van der Waals surface area (Å²) in [4.78, 5) is 30.9. The van der Waals surface area contributed by atoms with Gasteiger partial charge in [-0.25, -0.2) is 4.98 Å². The van der Waals surface area contributed by atoms with Crippen LogP contribution >= 0.6 is 0 Å². The van der Waals surface area contributed by atoms with Crippen molar-refractivity contribution < 1.29 is 31.7 Å². The van der Waals surface area contributed by atoms with E-state index in [1.807, 2.05) is 48.5 Å². The van der Waals surface area contributed by atoms with Gasteiger partial charge in [-0.3, -0.25) is 14.1 Å². The largest absolute Gasteiger partial charge is 0.497 e. The normalized spacial score (nSPS) is 12.6. The van der Waals surface area contributed by atoms with Gasteiger partial charge >= 0.3 is 0 Å². The molecule has 3 N–H and O–H groups in total. The number of oxazole rings is 1. The topological polar surface area (TPSA) is 148 Å². The van der Waals surface area contributed by atoms with Crippen molar-refractivity contribution in [2.24, 2.45) is 5.41 Å². The first-order chi connectivity index (χ1) is 23.3. The Labute approximate surface area is 286 Å². The van der Waals surface area contributed by atoms with E-state index in [1.165, 1.54) is 0 Å². The summed E-state index contributed by atoms with van der Waals surface area (Å²) in [5.41, 5.74) is 5.73. The molecule has 4 aromatic carbocycles. The smallest absolute Gasteiger partial charge is 0.266 e. The summed E-state index contributed by atoms with van der Waals surface area (Å²) in [6.45, 7) is 6.17. The Morgan fingerprint density at radius 1 is 0.959 bits per heavy atom. The lowest BCUT2D eigenvalue weighted by molar-refractivity contribution is -0.117. The average molecular weight is 682 g/mol. The first-order valence-electron chi connectivity index (χ1n) is 15.7. The SMILES string of the molecule is COc1ccc2oc(-c3ccc(NC(=O)C(Cc4ccc(C(=O)NCCS(=O)(=O)O)cc4)c4ccc(/C=C/C(C)(C)C)cc4)cc3)nc2c1. The highest BCUT2D eigenvalue weighted by Crippen LogP contribution is 2.29. The number of anilines is 1. The Balaban J connectivity index is 1.33. The number of methoxy groups -OCH3 is 1. The minimum Gasteiger partial charge on any atom is -0.497 e. The third-order valence-electron chi connectivity index (χ3n) is 7.73. The molecular formula is C38H39N3O7S. The van der Waals surface area contributed by atoms with Gasteiger partial charge in [-0.1, -0.05) is 69.3 Å². The Bertz CT molecular complexity index is 2060. The molecule has 0 radical (unpaired) electrons. The van der Waals surface area contributed by atoms with Gasteiger partial charge in [-0.15, -0.1) is 0 Å². The standard InChI is InChI=1S/C38H39N3O7S/c1-38(2,3)20-19-25-5-9-27(10-6-25)32(23-26-7-11-28(12-8-26)35(42)39-21-22-49(44,45)46)36(43)40-30-15-13-29(14-16-30)37-41-33-24-31(47-4)17-18-34(33)48-37/h5-20,24,32H,21-23H2,1-4H3,(H,39,42)(H,40,43)(H,44,45,46)/b20-19+. The van der Waals surface area contributed by atoms with Crippen LogP contribution in [0.25, 0.3) is 28.6 Å². The zero-order valence-corrected chi connectivity index (χ0v) is 28.6. The fourth-order valence-electron chi connectivity index (χ4n) is 5.05. The summed E-state index contributed by atoms with van der Waals surface area (Å²) in [6, 6.07) is 27.4. The minimum atomic E-state index is -4.18. The van der Waals surface area contributed by atoms with Gasteiger partial charge in [-0.05, 0) is 77.1 Å². The molecule has 0 aliphatic carbocycles. The van der Waals surface area contributed by atoms with E-state index >= 15 is 0 Å². The predicted octanol–water partition coefficient (Wildman–Crippen LogP) is 7.15. The van der Waals surface area contributed by atoms with Crippen LogP contribution < -0.4 is 15.4 Å². The number of amides is 2. The number of hydrogen-bond donors (Lipinski definition) is 3. The number of fused-ring (bicyclic) bond motifs is 1. The molecular weight excluding hydrogens is 642 g/mol. The number of carbonyl (C=O) groups is 2. The summed E-state index contributed by atoms with van der Waals surface area (Å²) in [6.07, 6.45) is 4.56. The third-order valence-corrected chi connectivity index (χ3v) is 8.45. The molecule has 0 aliphatic rings. The minimum absolute atomic E-state index is 0.0320. The number of allylic oxidation sites excluding steroid dienone is 1. The van der Waals surface area contributed by atoms with Crippen molar-refractivity contribution in [3.8, 4) is 17.2 Å². The summed E-state index contributed by atoms with van der Waals surface area (Å²) >= 11 is 0. The van der Waals surface area contributed by atoms with Crippen LogP contribution in [-0.4, -0.2) is 49.2 Å². The molecule has 10 nitrogen and oxygen atoms in total. The van der Waals surface area contributed by atoms with Crippen LogP contribution in [0.3, 0.4) is 0 Å². The number of aromatic nitrogens is 1. The van der Waals surface area contributed by atoms with Gasteiger partial charge in [0, 0.05) is 29.4 Å². The summed E-state index contributed by atoms with van der Waals surface area (Å²) in [5, 5.41) is 5.53. The lowest BCUT2D eigenvalue weighted by atomic mass is 9.89. The quantitative estimate of drug-likeness (QED) is 0.118. The van der Waals surface area contributed by atoms with Crippen LogP contribution in [0.1, 0.15) is 53.7 Å². The van der Waals surface area contributed by atoms with E-state index in [1.54, 1.807) is 49.6 Å². The molecule has 5 aromatic rings. The van der Waals surface area contributed by atoms with Crippen LogP contribution in [-0.2, 0) is 21.3 Å². The maximum Gasteiger partial charge on any atom is 0.266 e. The third kappa shape index (κ3) is 9.88. The summed E-state index contributed by atoms with van der Waals surface area (Å²) in [7, 11) is -2.59. The molecule has 254 valence electrons. The van der Waals surface area contributed by atoms with Crippen molar-refractivity contribution in [2.45, 2.75) is 33.1 Å². The zero-order chi connectivity index (χ0) is 35.2. The van der Waals surface area contributed by atoms with Crippen LogP contribution in [0.2, 0.25) is 0 Å². The van der Waals surface area contributed by atoms with Crippen LogP contribution in [0, 0.1) is 5.41 Å². The first kappa shape index (κ1) is 35.1. The highest BCUT2D eigenvalue weighted by Gasteiger charge is 2.22. The van der Waals surface area contributed by atoms with Crippen LogP contribution in [0.4, 0.5) is 5.69 Å². The highest BCUT2D eigenvalue weighted by molar-refractivity contribution is 7.85. The summed E-state index contributed by atoms with van der Waals surface area (Å²) in [5.74, 6) is -0.660. The Hall–Kier alpha value is -5.26. The fourth-order valence-corrected chi connectivity index (χ4v) is 5.41. The van der Waals surface area contributed by atoms with Gasteiger partial charge in [0.05, 0.1) is 18.8 Å². The van der Waals surface area contributed by atoms with E-state index < -0.39 is 27.7 Å². The monoisotopic (exact) mass is 681 g/mol. The lowest BCUT2D eigenvalue weighted by Crippen LogP contribution is -2.28. The maximum atomic E-state index is 13.9.